The van der Waals surface area contributed by atoms with Crippen molar-refractivity contribution in [3.8, 4) is 5.75 Å². The van der Waals surface area contributed by atoms with Crippen molar-refractivity contribution in [3.63, 3.8) is 0 Å². The lowest BCUT2D eigenvalue weighted by Crippen LogP contribution is -2.11. The van der Waals surface area contributed by atoms with Gasteiger partial charge in [-0.1, -0.05) is 41.9 Å². The van der Waals surface area contributed by atoms with Crippen LogP contribution in [0.4, 0.5) is 0 Å². The molecule has 0 aliphatic heterocycles. The van der Waals surface area contributed by atoms with Crippen LogP contribution in [0.25, 0.3) is 10.8 Å². The second-order valence-electron chi connectivity index (χ2n) is 4.92. The summed E-state index contributed by atoms with van der Waals surface area (Å²) in [6.07, 6.45) is 1.18. The van der Waals surface area contributed by atoms with Crippen molar-refractivity contribution in [3.05, 3.63) is 63.9 Å². The van der Waals surface area contributed by atoms with Crippen molar-refractivity contribution in [2.24, 2.45) is 0 Å². The molecule has 0 radical (unpaired) electrons. The van der Waals surface area contributed by atoms with E-state index in [1.54, 1.807) is 19.1 Å². The molecular weight excluding hydrogens is 402 g/mol. The Kier molecular flexibility index (Phi) is 4.31. The number of pyridine rings is 1. The first kappa shape index (κ1) is 16.2. The summed E-state index contributed by atoms with van der Waals surface area (Å²) in [7, 11) is -3.99. The van der Waals surface area contributed by atoms with Crippen LogP contribution in [0, 0.1) is 6.92 Å². The summed E-state index contributed by atoms with van der Waals surface area (Å²) in [6, 6.07) is 12.4. The number of nitrogens with zero attached hydrogens (tertiary/aromatic N) is 1. The minimum atomic E-state index is -3.99. The molecule has 0 unspecified atom stereocenters. The van der Waals surface area contributed by atoms with Gasteiger partial charge in [0.15, 0.2) is 5.75 Å². The van der Waals surface area contributed by atoms with E-state index >= 15 is 0 Å². The molecule has 0 aliphatic carbocycles. The summed E-state index contributed by atoms with van der Waals surface area (Å²) in [6.45, 7) is 1.68. The van der Waals surface area contributed by atoms with Gasteiger partial charge in [0.1, 0.15) is 10.0 Å². The fourth-order valence-corrected chi connectivity index (χ4v) is 3.87. The summed E-state index contributed by atoms with van der Waals surface area (Å²) in [5.41, 5.74) is 0.564. The zero-order chi connectivity index (χ0) is 16.6. The first-order valence-electron chi connectivity index (χ1n) is 6.62. The lowest BCUT2D eigenvalue weighted by atomic mass is 10.1. The first-order chi connectivity index (χ1) is 10.9. The molecule has 0 spiro atoms. The highest BCUT2D eigenvalue weighted by molar-refractivity contribution is 9.10. The molecule has 23 heavy (non-hydrogen) atoms. The predicted octanol–water partition coefficient (Wildman–Crippen LogP) is 4.73. The summed E-state index contributed by atoms with van der Waals surface area (Å²) in [4.78, 5) is 3.81. The molecule has 2 aromatic carbocycles. The molecule has 118 valence electrons. The summed E-state index contributed by atoms with van der Waals surface area (Å²) in [5, 5.41) is 2.11. The van der Waals surface area contributed by atoms with E-state index in [4.69, 9.17) is 15.8 Å². The van der Waals surface area contributed by atoms with Crippen molar-refractivity contribution in [2.75, 3.05) is 0 Å². The van der Waals surface area contributed by atoms with Gasteiger partial charge in [-0.25, -0.2) is 4.98 Å². The highest BCUT2D eigenvalue weighted by Gasteiger charge is 2.20. The van der Waals surface area contributed by atoms with Crippen molar-refractivity contribution >= 4 is 48.4 Å². The summed E-state index contributed by atoms with van der Waals surface area (Å²) >= 11 is 9.23. The Morgan fingerprint density at radius 1 is 1.17 bits per heavy atom. The molecular formula is C16H11BrClNO3S. The first-order valence-corrected chi connectivity index (χ1v) is 9.20. The molecule has 0 atom stereocenters. The van der Waals surface area contributed by atoms with Crippen molar-refractivity contribution in [2.45, 2.75) is 11.8 Å². The molecule has 3 aromatic rings. The lowest BCUT2D eigenvalue weighted by molar-refractivity contribution is 0.484. The fraction of sp³-hybridized carbons (Fsp3) is 0.0625. The third-order valence-corrected chi connectivity index (χ3v) is 5.72. The van der Waals surface area contributed by atoms with E-state index in [2.05, 4.69) is 20.9 Å². The number of hydrogen-bond acceptors (Lipinski definition) is 4. The average molecular weight is 413 g/mol. The lowest BCUT2D eigenvalue weighted by Gasteiger charge is -2.11. The number of aryl methyl sites for hydroxylation is 1. The van der Waals surface area contributed by atoms with Gasteiger partial charge in [-0.2, -0.15) is 8.42 Å². The van der Waals surface area contributed by atoms with Crippen LogP contribution < -0.4 is 4.18 Å². The van der Waals surface area contributed by atoms with Gasteiger partial charge in [-0.05, 0) is 51.3 Å². The molecule has 0 aliphatic rings. The Bertz CT molecular complexity index is 1010. The zero-order valence-corrected chi connectivity index (χ0v) is 15.1. The highest BCUT2D eigenvalue weighted by atomic mass is 79.9. The normalized spacial score (nSPS) is 11.6. The van der Waals surface area contributed by atoms with Gasteiger partial charge in [0.05, 0.1) is 10.7 Å². The number of fused-ring (bicyclic) bond motifs is 1. The molecule has 0 amide bonds. The predicted molar refractivity (Wildman–Crippen MR) is 93.4 cm³/mol. The Morgan fingerprint density at radius 3 is 2.65 bits per heavy atom. The summed E-state index contributed by atoms with van der Waals surface area (Å²) in [5.74, 6) is 0.219. The van der Waals surface area contributed by atoms with Crippen LogP contribution in [0.5, 0.6) is 5.75 Å². The molecule has 0 saturated carbocycles. The molecule has 1 heterocycles. The van der Waals surface area contributed by atoms with Gasteiger partial charge in [0, 0.05) is 0 Å². The molecule has 7 heteroatoms. The minimum absolute atomic E-state index is 0.0422. The number of hydrogen-bond donors (Lipinski definition) is 0. The van der Waals surface area contributed by atoms with E-state index in [0.717, 1.165) is 10.8 Å². The quantitative estimate of drug-likeness (QED) is 0.461. The molecule has 0 bridgehead atoms. The number of rotatable bonds is 3. The van der Waals surface area contributed by atoms with Crippen LogP contribution in [0.2, 0.25) is 5.15 Å². The molecule has 3 rings (SSSR count). The van der Waals surface area contributed by atoms with Crippen molar-refractivity contribution in [1.82, 2.24) is 4.98 Å². The third kappa shape index (κ3) is 3.20. The number of halogens is 2. The van der Waals surface area contributed by atoms with Crippen molar-refractivity contribution < 1.29 is 12.6 Å². The Hall–Kier alpha value is -1.63. The Morgan fingerprint density at radius 2 is 1.91 bits per heavy atom. The van der Waals surface area contributed by atoms with Crippen LogP contribution >= 0.6 is 27.5 Å². The maximum absolute atomic E-state index is 12.4. The van der Waals surface area contributed by atoms with Crippen LogP contribution in [-0.4, -0.2) is 13.4 Å². The number of aromatic nitrogens is 1. The number of benzene rings is 2. The van der Waals surface area contributed by atoms with Crippen LogP contribution in [-0.2, 0) is 10.1 Å². The fourth-order valence-electron chi connectivity index (χ4n) is 2.11. The van der Waals surface area contributed by atoms with Crippen molar-refractivity contribution in [1.29, 1.82) is 0 Å². The van der Waals surface area contributed by atoms with Crippen LogP contribution in [0.15, 0.2) is 58.0 Å². The summed E-state index contributed by atoms with van der Waals surface area (Å²) < 4.78 is 30.7. The molecule has 0 N–H and O–H groups in total. The Labute approximate surface area is 147 Å². The average Bonchev–Trinajstić information content (AvgIpc) is 2.53. The van der Waals surface area contributed by atoms with E-state index in [-0.39, 0.29) is 15.8 Å². The maximum atomic E-state index is 12.4. The smallest absolute Gasteiger partial charge is 0.340 e. The highest BCUT2D eigenvalue weighted by Crippen LogP contribution is 2.34. The van der Waals surface area contributed by atoms with Gasteiger partial charge in [0.25, 0.3) is 0 Å². The van der Waals surface area contributed by atoms with E-state index in [9.17, 15) is 8.42 Å². The molecule has 0 fully saturated rings. The van der Waals surface area contributed by atoms with Crippen LogP contribution in [0.1, 0.15) is 5.56 Å². The Balaban J connectivity index is 2.03. The van der Waals surface area contributed by atoms with Gasteiger partial charge >= 0.3 is 10.1 Å². The van der Waals surface area contributed by atoms with E-state index in [1.165, 1.54) is 12.3 Å². The van der Waals surface area contributed by atoms with E-state index < -0.39 is 10.1 Å². The van der Waals surface area contributed by atoms with Crippen LogP contribution in [0.3, 0.4) is 0 Å². The van der Waals surface area contributed by atoms with E-state index in [0.29, 0.717) is 10.0 Å². The van der Waals surface area contributed by atoms with Gasteiger partial charge in [-0.15, -0.1) is 0 Å². The topological polar surface area (TPSA) is 56.3 Å². The van der Waals surface area contributed by atoms with E-state index in [1.807, 2.05) is 24.3 Å². The van der Waals surface area contributed by atoms with Gasteiger partial charge in [0.2, 0.25) is 0 Å². The third-order valence-electron chi connectivity index (χ3n) is 3.31. The minimum Gasteiger partial charge on any atom is -0.378 e. The second-order valence-corrected chi connectivity index (χ2v) is 7.61. The standard InChI is InChI=1S/C16H11BrClNO3S/c1-10-8-12(9-19-16(10)18)23(20,21)22-14-7-6-11-4-2-3-5-13(11)15(14)17/h2-9H,1H3. The molecule has 0 saturated heterocycles. The monoisotopic (exact) mass is 411 g/mol. The largest absolute Gasteiger partial charge is 0.378 e. The van der Waals surface area contributed by atoms with Gasteiger partial charge in [-0.3, -0.25) is 0 Å². The molecule has 1 aromatic heterocycles. The van der Waals surface area contributed by atoms with Gasteiger partial charge < -0.3 is 4.18 Å². The molecule has 4 nitrogen and oxygen atoms in total. The second kappa shape index (κ2) is 6.11. The SMILES string of the molecule is Cc1cc(S(=O)(=O)Oc2ccc3ccccc3c2Br)cnc1Cl. The zero-order valence-electron chi connectivity index (χ0n) is 12.0. The maximum Gasteiger partial charge on any atom is 0.340 e.